The maximum absolute atomic E-state index is 2.59. The Morgan fingerprint density at radius 2 is 1.50 bits per heavy atom. The first-order valence-electron chi connectivity index (χ1n) is 7.59. The minimum atomic E-state index is 0.659. The van der Waals surface area contributed by atoms with E-state index in [0.29, 0.717) is 5.41 Å². The van der Waals surface area contributed by atoms with Crippen molar-refractivity contribution in [1.29, 1.82) is 0 Å². The molecule has 4 aliphatic carbocycles. The molecule has 0 heteroatoms. The molecule has 16 heavy (non-hydrogen) atoms. The molecule has 0 radical (unpaired) electrons. The van der Waals surface area contributed by atoms with Crippen molar-refractivity contribution in [3.8, 4) is 0 Å². The van der Waals surface area contributed by atoms with E-state index in [1.54, 1.807) is 19.3 Å². The first-order chi connectivity index (χ1) is 7.59. The standard InChI is InChI=1S/C16H28/c1-12-9-10-14-11-16(12,15(14,2)3)13-7-5-4-6-8-13/h12-14H,4-11H2,1-3H3. The predicted octanol–water partition coefficient (Wildman–Crippen LogP) is 5.03. The molecule has 0 saturated heterocycles. The third-order valence-electron chi connectivity index (χ3n) is 6.97. The lowest BCUT2D eigenvalue weighted by Gasteiger charge is -2.72. The molecule has 0 heterocycles. The van der Waals surface area contributed by atoms with E-state index >= 15 is 0 Å². The zero-order chi connectivity index (χ0) is 11.4. The highest BCUT2D eigenvalue weighted by Gasteiger charge is 2.66. The van der Waals surface area contributed by atoms with Gasteiger partial charge >= 0.3 is 0 Å². The average molecular weight is 220 g/mol. The average Bonchev–Trinajstić information content (AvgIpc) is 2.29. The lowest BCUT2D eigenvalue weighted by atomic mass is 9.33. The van der Waals surface area contributed by atoms with E-state index < -0.39 is 0 Å². The largest absolute Gasteiger partial charge is 0.0619 e. The van der Waals surface area contributed by atoms with E-state index in [0.717, 1.165) is 23.2 Å². The van der Waals surface area contributed by atoms with Gasteiger partial charge in [0.1, 0.15) is 0 Å². The highest BCUT2D eigenvalue weighted by atomic mass is 14.7. The maximum atomic E-state index is 2.59. The molecule has 3 unspecified atom stereocenters. The van der Waals surface area contributed by atoms with Gasteiger partial charge in [0.25, 0.3) is 0 Å². The van der Waals surface area contributed by atoms with Gasteiger partial charge in [-0.3, -0.25) is 0 Å². The molecule has 0 nitrogen and oxygen atoms in total. The Kier molecular flexibility index (Phi) is 2.43. The Morgan fingerprint density at radius 1 is 0.812 bits per heavy atom. The van der Waals surface area contributed by atoms with Gasteiger partial charge in [-0.2, -0.15) is 0 Å². The summed E-state index contributed by atoms with van der Waals surface area (Å²) in [6, 6.07) is 0. The normalized spacial score (nSPS) is 47.4. The Morgan fingerprint density at radius 3 is 2.06 bits per heavy atom. The molecule has 0 spiro atoms. The van der Waals surface area contributed by atoms with E-state index in [1.807, 2.05) is 0 Å². The van der Waals surface area contributed by atoms with Crippen molar-refractivity contribution in [1.82, 2.24) is 0 Å². The summed E-state index contributed by atoms with van der Waals surface area (Å²) in [6.45, 7) is 7.74. The lowest BCUT2D eigenvalue weighted by molar-refractivity contribution is -0.232. The third-order valence-corrected chi connectivity index (χ3v) is 6.97. The molecule has 4 aliphatic rings. The van der Waals surface area contributed by atoms with Crippen LogP contribution < -0.4 is 0 Å². The van der Waals surface area contributed by atoms with Gasteiger partial charge < -0.3 is 0 Å². The lowest BCUT2D eigenvalue weighted by Crippen LogP contribution is -2.65. The summed E-state index contributed by atoms with van der Waals surface area (Å²) in [5.41, 5.74) is 1.41. The van der Waals surface area contributed by atoms with Gasteiger partial charge in [0.15, 0.2) is 0 Å². The van der Waals surface area contributed by atoms with E-state index in [9.17, 15) is 0 Å². The van der Waals surface area contributed by atoms with Crippen molar-refractivity contribution in [2.45, 2.75) is 72.1 Å². The van der Waals surface area contributed by atoms with E-state index in [2.05, 4.69) is 20.8 Å². The van der Waals surface area contributed by atoms with Gasteiger partial charge in [-0.15, -0.1) is 0 Å². The van der Waals surface area contributed by atoms with E-state index in [1.165, 1.54) is 32.1 Å². The molecule has 0 aliphatic heterocycles. The minimum Gasteiger partial charge on any atom is -0.0619 e. The third kappa shape index (κ3) is 1.17. The van der Waals surface area contributed by atoms with Crippen LogP contribution in [0.2, 0.25) is 0 Å². The summed E-state index contributed by atoms with van der Waals surface area (Å²) in [5.74, 6) is 3.13. The predicted molar refractivity (Wildman–Crippen MR) is 69.3 cm³/mol. The van der Waals surface area contributed by atoms with Crippen LogP contribution in [-0.2, 0) is 0 Å². The summed E-state index contributed by atoms with van der Waals surface area (Å²) >= 11 is 0. The molecule has 4 rings (SSSR count). The molecule has 2 bridgehead atoms. The van der Waals surface area contributed by atoms with E-state index in [-0.39, 0.29) is 0 Å². The molecule has 4 saturated carbocycles. The highest BCUT2D eigenvalue weighted by molar-refractivity contribution is 5.15. The molecule has 4 fully saturated rings. The Labute approximate surface area is 101 Å². The summed E-state index contributed by atoms with van der Waals surface area (Å²) in [6.07, 6.45) is 12.2. The molecule has 0 aromatic rings. The fraction of sp³-hybridized carbons (Fsp3) is 1.00. The SMILES string of the molecule is CC1CCC2CC1(C1CCCCC1)C2(C)C. The number of fused-ring (bicyclic) bond motifs is 2. The van der Waals surface area contributed by atoms with E-state index in [4.69, 9.17) is 0 Å². The Balaban J connectivity index is 1.89. The van der Waals surface area contributed by atoms with Crippen LogP contribution in [0.1, 0.15) is 72.1 Å². The van der Waals surface area contributed by atoms with Crippen LogP contribution in [0, 0.1) is 28.6 Å². The smallest absolute Gasteiger partial charge is 0.0187 e. The van der Waals surface area contributed by atoms with Gasteiger partial charge in [-0.25, -0.2) is 0 Å². The molecule has 0 aromatic carbocycles. The summed E-state index contributed by atoms with van der Waals surface area (Å²) < 4.78 is 0. The number of hydrogen-bond donors (Lipinski definition) is 0. The number of hydrogen-bond acceptors (Lipinski definition) is 0. The Hall–Kier alpha value is 0. The van der Waals surface area contributed by atoms with Crippen molar-refractivity contribution in [2.75, 3.05) is 0 Å². The zero-order valence-corrected chi connectivity index (χ0v) is 11.4. The maximum Gasteiger partial charge on any atom is -0.0187 e. The van der Waals surface area contributed by atoms with Crippen molar-refractivity contribution in [3.63, 3.8) is 0 Å². The fourth-order valence-electron chi connectivity index (χ4n) is 5.90. The van der Waals surface area contributed by atoms with Crippen molar-refractivity contribution >= 4 is 0 Å². The van der Waals surface area contributed by atoms with Gasteiger partial charge in [-0.1, -0.05) is 40.0 Å². The van der Waals surface area contributed by atoms with Crippen molar-refractivity contribution in [2.24, 2.45) is 28.6 Å². The first-order valence-corrected chi connectivity index (χ1v) is 7.59. The molecule has 0 amide bonds. The second-order valence-corrected chi connectivity index (χ2v) is 7.48. The van der Waals surface area contributed by atoms with Crippen LogP contribution in [0.4, 0.5) is 0 Å². The number of rotatable bonds is 1. The molecular weight excluding hydrogens is 192 g/mol. The van der Waals surface area contributed by atoms with Crippen LogP contribution in [-0.4, -0.2) is 0 Å². The monoisotopic (exact) mass is 220 g/mol. The van der Waals surface area contributed by atoms with Crippen LogP contribution in [0.3, 0.4) is 0 Å². The van der Waals surface area contributed by atoms with Crippen LogP contribution >= 0.6 is 0 Å². The van der Waals surface area contributed by atoms with Crippen molar-refractivity contribution < 1.29 is 0 Å². The summed E-state index contributed by atoms with van der Waals surface area (Å²) in [7, 11) is 0. The first kappa shape index (κ1) is 11.1. The van der Waals surface area contributed by atoms with Gasteiger partial charge in [0.05, 0.1) is 0 Å². The zero-order valence-electron chi connectivity index (χ0n) is 11.4. The molecule has 0 N–H and O–H groups in total. The summed E-state index contributed by atoms with van der Waals surface area (Å²) in [4.78, 5) is 0. The van der Waals surface area contributed by atoms with Gasteiger partial charge in [-0.05, 0) is 60.7 Å². The fourth-order valence-corrected chi connectivity index (χ4v) is 5.90. The second kappa shape index (κ2) is 3.50. The molecular formula is C16H28. The van der Waals surface area contributed by atoms with Crippen molar-refractivity contribution in [3.05, 3.63) is 0 Å². The van der Waals surface area contributed by atoms with Crippen LogP contribution in [0.25, 0.3) is 0 Å². The quantitative estimate of drug-likeness (QED) is 0.581. The topological polar surface area (TPSA) is 0 Å². The summed E-state index contributed by atoms with van der Waals surface area (Å²) in [5, 5.41) is 0. The molecule has 0 aromatic heterocycles. The highest BCUT2D eigenvalue weighted by Crippen LogP contribution is 2.74. The molecule has 3 atom stereocenters. The van der Waals surface area contributed by atoms with Gasteiger partial charge in [0.2, 0.25) is 0 Å². The van der Waals surface area contributed by atoms with Crippen LogP contribution in [0.15, 0.2) is 0 Å². The van der Waals surface area contributed by atoms with Gasteiger partial charge in [0, 0.05) is 0 Å². The second-order valence-electron chi connectivity index (χ2n) is 7.48. The molecule has 92 valence electrons. The minimum absolute atomic E-state index is 0.659. The Bertz CT molecular complexity index is 272. The van der Waals surface area contributed by atoms with Crippen LogP contribution in [0.5, 0.6) is 0 Å².